The fraction of sp³-hybridized carbons (Fsp3) is 0. The Bertz CT molecular complexity index is 3160. The molecule has 3 aromatic heterocycles. The largest absolute Gasteiger partial charge is 0.309 e. The van der Waals surface area contributed by atoms with Crippen molar-refractivity contribution in [2.24, 2.45) is 0 Å². The minimum atomic E-state index is 0.573. The van der Waals surface area contributed by atoms with Gasteiger partial charge in [-0.2, -0.15) is 9.97 Å². The molecular weight excluding hydrogens is 683 g/mol. The normalized spacial score (nSPS) is 11.6. The Morgan fingerprint density at radius 1 is 0.286 bits per heavy atom. The quantitative estimate of drug-likeness (QED) is 0.172. The molecule has 5 nitrogen and oxygen atoms in total. The summed E-state index contributed by atoms with van der Waals surface area (Å²) in [4.78, 5) is 15.8. The molecule has 0 saturated carbocycles. The number of nitrogens with zero attached hydrogens (tertiary/aromatic N) is 5. The monoisotopic (exact) mass is 715 g/mol. The van der Waals surface area contributed by atoms with Crippen molar-refractivity contribution in [3.05, 3.63) is 200 Å². The molecule has 0 aliphatic heterocycles. The third kappa shape index (κ3) is 5.21. The first-order valence-electron chi connectivity index (χ1n) is 18.9. The van der Waals surface area contributed by atoms with Crippen molar-refractivity contribution in [1.82, 2.24) is 24.1 Å². The lowest BCUT2D eigenvalue weighted by molar-refractivity contribution is 0.953. The highest BCUT2D eigenvalue weighted by molar-refractivity contribution is 6.10. The topological polar surface area (TPSA) is 48.5 Å². The van der Waals surface area contributed by atoms with Crippen LogP contribution in [0.4, 0.5) is 0 Å². The Labute approximate surface area is 323 Å². The second-order valence-corrected chi connectivity index (χ2v) is 14.1. The van der Waals surface area contributed by atoms with Crippen molar-refractivity contribution in [3.8, 4) is 56.7 Å². The van der Waals surface area contributed by atoms with Crippen LogP contribution in [-0.4, -0.2) is 24.1 Å². The predicted molar refractivity (Wildman–Crippen MR) is 230 cm³/mol. The van der Waals surface area contributed by atoms with Gasteiger partial charge in [0.2, 0.25) is 5.95 Å². The Morgan fingerprint density at radius 2 is 0.732 bits per heavy atom. The molecule has 0 aliphatic carbocycles. The number of benzene rings is 8. The first-order chi connectivity index (χ1) is 27.8. The van der Waals surface area contributed by atoms with Crippen LogP contribution in [0.1, 0.15) is 0 Å². The van der Waals surface area contributed by atoms with Crippen LogP contribution in [0, 0.1) is 0 Å². The van der Waals surface area contributed by atoms with E-state index in [1.165, 1.54) is 21.8 Å². The third-order valence-corrected chi connectivity index (χ3v) is 10.8. The molecule has 262 valence electrons. The van der Waals surface area contributed by atoms with Gasteiger partial charge in [0, 0.05) is 38.4 Å². The van der Waals surface area contributed by atoms with Crippen LogP contribution in [0.2, 0.25) is 0 Å². The molecule has 0 atom stereocenters. The van der Waals surface area contributed by atoms with Crippen LogP contribution in [0.25, 0.3) is 100 Å². The summed E-state index contributed by atoms with van der Waals surface area (Å²) < 4.78 is 4.53. The van der Waals surface area contributed by atoms with Crippen LogP contribution >= 0.6 is 0 Å². The van der Waals surface area contributed by atoms with E-state index in [0.717, 1.165) is 60.9 Å². The molecule has 0 fully saturated rings. The highest BCUT2D eigenvalue weighted by atomic mass is 15.2. The molecular formula is C51H33N5. The predicted octanol–water partition coefficient (Wildman–Crippen LogP) is 12.7. The Balaban J connectivity index is 1.10. The lowest BCUT2D eigenvalue weighted by Gasteiger charge is -2.14. The van der Waals surface area contributed by atoms with Gasteiger partial charge in [0.05, 0.1) is 22.1 Å². The molecule has 0 radical (unpaired) electrons. The molecule has 0 bridgehead atoms. The second-order valence-electron chi connectivity index (χ2n) is 14.1. The van der Waals surface area contributed by atoms with Gasteiger partial charge in [-0.15, -0.1) is 0 Å². The molecule has 0 N–H and O–H groups in total. The molecule has 11 aromatic rings. The zero-order valence-electron chi connectivity index (χ0n) is 30.3. The summed E-state index contributed by atoms with van der Waals surface area (Å²) in [6.45, 7) is 0. The van der Waals surface area contributed by atoms with Gasteiger partial charge in [0.15, 0.2) is 11.6 Å². The first-order valence-corrected chi connectivity index (χ1v) is 18.9. The van der Waals surface area contributed by atoms with E-state index < -0.39 is 0 Å². The maximum atomic E-state index is 5.27. The van der Waals surface area contributed by atoms with Gasteiger partial charge in [-0.3, -0.25) is 4.57 Å². The van der Waals surface area contributed by atoms with Gasteiger partial charge in [-0.05, 0) is 64.7 Å². The Hall–Kier alpha value is -7.63. The maximum Gasteiger partial charge on any atom is 0.238 e. The lowest BCUT2D eigenvalue weighted by Crippen LogP contribution is -2.07. The zero-order valence-corrected chi connectivity index (χ0v) is 30.3. The van der Waals surface area contributed by atoms with Gasteiger partial charge in [-0.25, -0.2) is 4.98 Å². The van der Waals surface area contributed by atoms with Crippen LogP contribution in [0.15, 0.2) is 200 Å². The number of hydrogen-bond acceptors (Lipinski definition) is 3. The molecule has 0 unspecified atom stereocenters. The Kier molecular flexibility index (Phi) is 7.42. The van der Waals surface area contributed by atoms with Crippen molar-refractivity contribution in [3.63, 3.8) is 0 Å². The fourth-order valence-corrected chi connectivity index (χ4v) is 8.26. The molecule has 11 rings (SSSR count). The average Bonchev–Trinajstić information content (AvgIpc) is 3.80. The van der Waals surface area contributed by atoms with Crippen molar-refractivity contribution in [2.45, 2.75) is 0 Å². The molecule has 0 amide bonds. The summed E-state index contributed by atoms with van der Waals surface area (Å²) in [6, 6.07) is 70.3. The van der Waals surface area contributed by atoms with Crippen molar-refractivity contribution in [2.75, 3.05) is 0 Å². The molecule has 56 heavy (non-hydrogen) atoms. The van der Waals surface area contributed by atoms with Crippen LogP contribution in [0.3, 0.4) is 0 Å². The molecule has 5 heteroatoms. The zero-order chi connectivity index (χ0) is 37.0. The maximum absolute atomic E-state index is 5.27. The van der Waals surface area contributed by atoms with Crippen molar-refractivity contribution in [1.29, 1.82) is 0 Å². The fourth-order valence-electron chi connectivity index (χ4n) is 8.26. The highest BCUT2D eigenvalue weighted by Crippen LogP contribution is 2.37. The van der Waals surface area contributed by atoms with Gasteiger partial charge in [-0.1, -0.05) is 158 Å². The van der Waals surface area contributed by atoms with Crippen LogP contribution in [0.5, 0.6) is 0 Å². The highest BCUT2D eigenvalue weighted by Gasteiger charge is 2.20. The standard InChI is InChI=1S/C51H33N5/c1-2-16-34(17-3-1)39-22-4-5-27-44(39)50-52-49(53-51(54-50)56-47-30-12-8-25-42(47)43-26-9-13-31-48(43)56)37-20-14-18-35(32-37)36-19-15-21-38(33-36)55-45-28-10-6-23-40(45)41-24-7-11-29-46(41)55/h1-33H. The number of fused-ring (bicyclic) bond motifs is 6. The van der Waals surface area contributed by atoms with E-state index in [4.69, 9.17) is 15.0 Å². The molecule has 0 spiro atoms. The van der Waals surface area contributed by atoms with E-state index in [2.05, 4.69) is 203 Å². The van der Waals surface area contributed by atoms with Crippen molar-refractivity contribution >= 4 is 43.6 Å². The first kappa shape index (κ1) is 31.9. The summed E-state index contributed by atoms with van der Waals surface area (Å²) in [5.41, 5.74) is 11.8. The van der Waals surface area contributed by atoms with E-state index in [-0.39, 0.29) is 0 Å². The number of aromatic nitrogens is 5. The minimum Gasteiger partial charge on any atom is -0.309 e. The SMILES string of the molecule is c1ccc(-c2ccccc2-c2nc(-c3cccc(-c4cccc(-n5c6ccccc6c6ccccc65)c4)c3)nc(-n3c4ccccc4c4ccccc43)n2)cc1. The van der Waals surface area contributed by atoms with Crippen LogP contribution < -0.4 is 0 Å². The molecule has 0 aliphatic rings. The minimum absolute atomic E-state index is 0.573. The van der Waals surface area contributed by atoms with E-state index >= 15 is 0 Å². The Morgan fingerprint density at radius 3 is 1.36 bits per heavy atom. The smallest absolute Gasteiger partial charge is 0.238 e. The van der Waals surface area contributed by atoms with Gasteiger partial charge in [0.25, 0.3) is 0 Å². The summed E-state index contributed by atoms with van der Waals surface area (Å²) in [5.74, 6) is 1.80. The van der Waals surface area contributed by atoms with E-state index in [1.54, 1.807) is 0 Å². The van der Waals surface area contributed by atoms with E-state index in [0.29, 0.717) is 17.6 Å². The summed E-state index contributed by atoms with van der Waals surface area (Å²) >= 11 is 0. The third-order valence-electron chi connectivity index (χ3n) is 10.8. The van der Waals surface area contributed by atoms with Gasteiger partial charge < -0.3 is 4.57 Å². The van der Waals surface area contributed by atoms with Gasteiger partial charge >= 0.3 is 0 Å². The number of rotatable bonds is 6. The summed E-state index contributed by atoms with van der Waals surface area (Å²) in [5, 5.41) is 4.80. The summed E-state index contributed by atoms with van der Waals surface area (Å²) in [6.07, 6.45) is 0. The molecule has 3 heterocycles. The van der Waals surface area contributed by atoms with E-state index in [9.17, 15) is 0 Å². The summed E-state index contributed by atoms with van der Waals surface area (Å²) in [7, 11) is 0. The average molecular weight is 716 g/mol. The molecule has 8 aromatic carbocycles. The van der Waals surface area contributed by atoms with Gasteiger partial charge in [0.1, 0.15) is 0 Å². The molecule has 0 saturated heterocycles. The lowest BCUT2D eigenvalue weighted by atomic mass is 9.99. The second kappa shape index (κ2) is 13.0. The van der Waals surface area contributed by atoms with Crippen molar-refractivity contribution < 1.29 is 0 Å². The van der Waals surface area contributed by atoms with E-state index in [1.807, 2.05) is 6.07 Å². The van der Waals surface area contributed by atoms with Crippen LogP contribution in [-0.2, 0) is 0 Å². The number of hydrogen-bond donors (Lipinski definition) is 0. The number of para-hydroxylation sites is 4.